The van der Waals surface area contributed by atoms with E-state index in [4.69, 9.17) is 19.6 Å². The minimum Gasteiger partial charge on any atom is -0.300 e. The van der Waals surface area contributed by atoms with Crippen LogP contribution in [0.2, 0.25) is 0 Å². The molecule has 2 saturated carbocycles. The van der Waals surface area contributed by atoms with Crippen LogP contribution >= 0.6 is 0 Å². The number of carbonyl (C=O) groups excluding carboxylic acids is 1. The smallest absolute Gasteiger partial charge is 0.235 e. The Morgan fingerprint density at radius 1 is 0.706 bits per heavy atom. The van der Waals surface area contributed by atoms with Gasteiger partial charge >= 0.3 is 0 Å². The molecular weight excluding hydrogens is 224 g/mol. The molecule has 5 heteroatoms. The fraction of sp³-hybridized carbons (Fsp3) is 0.917. The van der Waals surface area contributed by atoms with Crippen molar-refractivity contribution >= 4 is 5.78 Å². The van der Waals surface area contributed by atoms with Crippen LogP contribution in [-0.2, 0) is 24.3 Å². The molecule has 0 N–H and O–H groups in total. The van der Waals surface area contributed by atoms with Gasteiger partial charge in [-0.1, -0.05) is 6.42 Å². The van der Waals surface area contributed by atoms with E-state index in [1.165, 1.54) is 6.42 Å². The summed E-state index contributed by atoms with van der Waals surface area (Å²) in [5.74, 6) is -1.30. The molecular formula is C12H18O5. The van der Waals surface area contributed by atoms with Crippen LogP contribution in [0.15, 0.2) is 0 Å². The van der Waals surface area contributed by atoms with E-state index in [1.807, 2.05) is 0 Å². The molecule has 2 spiro atoms. The zero-order valence-electron chi connectivity index (χ0n) is 9.91. The van der Waals surface area contributed by atoms with Crippen molar-refractivity contribution in [2.75, 3.05) is 0 Å². The van der Waals surface area contributed by atoms with Crippen molar-refractivity contribution < 1.29 is 24.3 Å². The molecule has 0 radical (unpaired) electrons. The van der Waals surface area contributed by atoms with Crippen LogP contribution in [0.25, 0.3) is 0 Å². The lowest BCUT2D eigenvalue weighted by atomic mass is 9.93. The molecule has 0 amide bonds. The molecule has 3 rings (SSSR count). The summed E-state index contributed by atoms with van der Waals surface area (Å²) in [6, 6.07) is 0. The van der Waals surface area contributed by atoms with Gasteiger partial charge in [0.25, 0.3) is 0 Å². The number of ketones is 1. The lowest BCUT2D eigenvalue weighted by Crippen LogP contribution is -2.52. The van der Waals surface area contributed by atoms with Crippen molar-refractivity contribution in [3.63, 3.8) is 0 Å². The Morgan fingerprint density at radius 3 is 1.71 bits per heavy atom. The normalized spacial score (nSPS) is 31.9. The molecule has 3 fully saturated rings. The molecule has 0 aromatic rings. The topological polar surface area (TPSA) is 54.0 Å². The monoisotopic (exact) mass is 242 g/mol. The highest BCUT2D eigenvalue weighted by molar-refractivity contribution is 5.79. The second-order valence-corrected chi connectivity index (χ2v) is 5.25. The number of rotatable bonds is 0. The lowest BCUT2D eigenvalue weighted by Gasteiger charge is -2.45. The van der Waals surface area contributed by atoms with Gasteiger partial charge in [0.1, 0.15) is 5.78 Å². The quantitative estimate of drug-likeness (QED) is 0.610. The molecule has 0 aromatic heterocycles. The summed E-state index contributed by atoms with van der Waals surface area (Å²) in [5, 5.41) is 0. The molecule has 0 atom stereocenters. The number of hydrogen-bond donors (Lipinski definition) is 0. The first-order valence-electron chi connectivity index (χ1n) is 6.48. The summed E-state index contributed by atoms with van der Waals surface area (Å²) in [5.41, 5.74) is 0. The van der Waals surface area contributed by atoms with Crippen molar-refractivity contribution in [3.05, 3.63) is 0 Å². The van der Waals surface area contributed by atoms with Crippen molar-refractivity contribution in [3.8, 4) is 0 Å². The molecule has 1 aliphatic heterocycles. The van der Waals surface area contributed by atoms with Crippen LogP contribution in [0.5, 0.6) is 0 Å². The van der Waals surface area contributed by atoms with E-state index in [-0.39, 0.29) is 5.78 Å². The maximum Gasteiger partial charge on any atom is 0.235 e. The van der Waals surface area contributed by atoms with E-state index in [2.05, 4.69) is 0 Å². The van der Waals surface area contributed by atoms with Gasteiger partial charge in [0.2, 0.25) is 11.6 Å². The Hall–Kier alpha value is -0.490. The first kappa shape index (κ1) is 11.6. The Kier molecular flexibility index (Phi) is 2.94. The van der Waals surface area contributed by atoms with Gasteiger partial charge in [-0.05, 0) is 12.8 Å². The average molecular weight is 242 g/mol. The molecule has 0 aromatic carbocycles. The highest BCUT2D eigenvalue weighted by Crippen LogP contribution is 2.43. The SMILES string of the molecule is O=C1CCC2(CC1)OOC1(CCCCC1)OO2. The largest absolute Gasteiger partial charge is 0.300 e. The maximum atomic E-state index is 11.2. The second kappa shape index (κ2) is 4.31. The predicted octanol–water partition coefficient (Wildman–Crippen LogP) is 2.40. The first-order valence-corrected chi connectivity index (χ1v) is 6.48. The Morgan fingerprint density at radius 2 is 1.18 bits per heavy atom. The second-order valence-electron chi connectivity index (χ2n) is 5.25. The minimum absolute atomic E-state index is 0.251. The van der Waals surface area contributed by atoms with Crippen LogP contribution in [0, 0.1) is 0 Å². The van der Waals surface area contributed by atoms with E-state index in [9.17, 15) is 4.79 Å². The molecule has 0 unspecified atom stereocenters. The summed E-state index contributed by atoms with van der Waals surface area (Å²) >= 11 is 0. The molecule has 17 heavy (non-hydrogen) atoms. The Labute approximate surface area is 100 Å². The van der Waals surface area contributed by atoms with E-state index < -0.39 is 11.6 Å². The van der Waals surface area contributed by atoms with Crippen molar-refractivity contribution in [1.82, 2.24) is 0 Å². The van der Waals surface area contributed by atoms with Crippen molar-refractivity contribution in [1.29, 1.82) is 0 Å². The molecule has 5 nitrogen and oxygen atoms in total. The van der Waals surface area contributed by atoms with E-state index in [0.717, 1.165) is 25.7 Å². The van der Waals surface area contributed by atoms with Crippen molar-refractivity contribution in [2.24, 2.45) is 0 Å². The van der Waals surface area contributed by atoms with E-state index >= 15 is 0 Å². The summed E-state index contributed by atoms with van der Waals surface area (Å²) in [6.45, 7) is 0. The zero-order valence-corrected chi connectivity index (χ0v) is 9.91. The summed E-state index contributed by atoms with van der Waals surface area (Å²) in [4.78, 5) is 33.0. The Balaban J connectivity index is 1.61. The predicted molar refractivity (Wildman–Crippen MR) is 56.4 cm³/mol. The molecule has 1 heterocycles. The summed E-state index contributed by atoms with van der Waals surface area (Å²) < 4.78 is 0. The molecule has 3 aliphatic rings. The fourth-order valence-electron chi connectivity index (χ4n) is 2.67. The van der Waals surface area contributed by atoms with Gasteiger partial charge in [-0.15, -0.1) is 0 Å². The zero-order chi connectivity index (χ0) is 11.8. The average Bonchev–Trinajstić information content (AvgIpc) is 2.38. The van der Waals surface area contributed by atoms with Gasteiger partial charge in [-0.3, -0.25) is 4.79 Å². The van der Waals surface area contributed by atoms with Gasteiger partial charge in [-0.25, -0.2) is 0 Å². The first-order chi connectivity index (χ1) is 8.22. The molecule has 1 saturated heterocycles. The minimum atomic E-state index is -0.851. The highest BCUT2D eigenvalue weighted by atomic mass is 17.4. The van der Waals surface area contributed by atoms with Crippen LogP contribution in [0.4, 0.5) is 0 Å². The van der Waals surface area contributed by atoms with Crippen LogP contribution < -0.4 is 0 Å². The van der Waals surface area contributed by atoms with Gasteiger partial charge in [-0.2, -0.15) is 19.6 Å². The number of hydrogen-bond acceptors (Lipinski definition) is 5. The van der Waals surface area contributed by atoms with Crippen molar-refractivity contribution in [2.45, 2.75) is 69.4 Å². The van der Waals surface area contributed by atoms with Gasteiger partial charge in [0.05, 0.1) is 0 Å². The highest BCUT2D eigenvalue weighted by Gasteiger charge is 2.50. The third kappa shape index (κ3) is 2.25. The number of Topliss-reactive ketones (excluding diaryl/α,β-unsaturated/α-hetero) is 1. The van der Waals surface area contributed by atoms with Gasteiger partial charge in [0.15, 0.2) is 0 Å². The van der Waals surface area contributed by atoms with E-state index in [0.29, 0.717) is 25.7 Å². The standard InChI is InChI=1S/C12H18O5/c13-10-4-8-12(9-5-10)16-14-11(15-17-12)6-2-1-3-7-11/h1-9H2. The molecule has 0 bridgehead atoms. The number of carbonyl (C=O) groups is 1. The van der Waals surface area contributed by atoms with Crippen LogP contribution in [-0.4, -0.2) is 17.4 Å². The van der Waals surface area contributed by atoms with Crippen LogP contribution in [0.1, 0.15) is 57.8 Å². The lowest BCUT2D eigenvalue weighted by molar-refractivity contribution is -0.661. The van der Waals surface area contributed by atoms with Gasteiger partial charge in [0, 0.05) is 38.5 Å². The molecule has 2 aliphatic carbocycles. The fourth-order valence-corrected chi connectivity index (χ4v) is 2.67. The summed E-state index contributed by atoms with van der Waals surface area (Å²) in [7, 11) is 0. The van der Waals surface area contributed by atoms with Crippen LogP contribution in [0.3, 0.4) is 0 Å². The maximum absolute atomic E-state index is 11.2. The Bertz CT molecular complexity index is 286. The summed E-state index contributed by atoms with van der Waals surface area (Å²) in [6.07, 6.45) is 6.93. The third-order valence-corrected chi connectivity index (χ3v) is 3.88. The molecule has 96 valence electrons. The van der Waals surface area contributed by atoms with Gasteiger partial charge < -0.3 is 0 Å². The van der Waals surface area contributed by atoms with E-state index in [1.54, 1.807) is 0 Å². The third-order valence-electron chi connectivity index (χ3n) is 3.88.